The summed E-state index contributed by atoms with van der Waals surface area (Å²) in [6.07, 6.45) is 8.63. The molecule has 0 bridgehead atoms. The third-order valence-corrected chi connectivity index (χ3v) is 5.78. The van der Waals surface area contributed by atoms with Gasteiger partial charge in [-0.3, -0.25) is 0 Å². The molecule has 30 heavy (non-hydrogen) atoms. The quantitative estimate of drug-likeness (QED) is 0.414. The van der Waals surface area contributed by atoms with E-state index in [1.54, 1.807) is 11.3 Å². The van der Waals surface area contributed by atoms with E-state index in [0.717, 1.165) is 37.1 Å². The van der Waals surface area contributed by atoms with Gasteiger partial charge in [0.25, 0.3) is 0 Å². The van der Waals surface area contributed by atoms with E-state index < -0.39 is 0 Å². The molecule has 0 saturated carbocycles. The highest BCUT2D eigenvalue weighted by Gasteiger charge is 2.05. The molecule has 0 unspecified atom stereocenters. The van der Waals surface area contributed by atoms with Gasteiger partial charge in [-0.15, -0.1) is 11.3 Å². The summed E-state index contributed by atoms with van der Waals surface area (Å²) in [6, 6.07) is 13.1. The first-order valence-electron chi connectivity index (χ1n) is 11.3. The van der Waals surface area contributed by atoms with Crippen molar-refractivity contribution in [3.8, 4) is 0 Å². The molecule has 0 aliphatic carbocycles. The van der Waals surface area contributed by atoms with E-state index in [1.165, 1.54) is 26.5 Å². The van der Waals surface area contributed by atoms with E-state index in [9.17, 15) is 0 Å². The molecule has 2 heteroatoms. The number of hydrogen-bond acceptors (Lipinski definition) is 2. The van der Waals surface area contributed by atoms with Crippen molar-refractivity contribution in [2.45, 2.75) is 74.1 Å². The molecule has 3 rings (SSSR count). The molecular weight excluding hydrogens is 382 g/mol. The Hall–Kier alpha value is -2.37. The van der Waals surface area contributed by atoms with Crippen molar-refractivity contribution in [3.63, 3.8) is 0 Å². The first-order chi connectivity index (χ1) is 14.6. The normalized spacial score (nSPS) is 12.3. The molecule has 0 saturated heterocycles. The summed E-state index contributed by atoms with van der Waals surface area (Å²) in [5, 5.41) is 0. The van der Waals surface area contributed by atoms with Crippen LogP contribution in [0.3, 0.4) is 0 Å². The molecule has 0 amide bonds. The number of hydrogen-bond donors (Lipinski definition) is 0. The summed E-state index contributed by atoms with van der Waals surface area (Å²) >= 11 is 1.78. The second-order valence-corrected chi connectivity index (χ2v) is 7.85. The van der Waals surface area contributed by atoms with Crippen LogP contribution in [0.25, 0.3) is 11.3 Å². The minimum atomic E-state index is 0.912. The van der Waals surface area contributed by atoms with Gasteiger partial charge < -0.3 is 0 Å². The molecule has 1 aromatic carbocycles. The zero-order chi connectivity index (χ0) is 22.4. The first-order valence-corrected chi connectivity index (χ1v) is 12.1. The van der Waals surface area contributed by atoms with Crippen LogP contribution in [-0.2, 0) is 12.8 Å². The van der Waals surface area contributed by atoms with E-state index >= 15 is 0 Å². The number of rotatable bonds is 6. The molecule has 160 valence electrons. The highest BCUT2D eigenvalue weighted by molar-refractivity contribution is 7.13. The van der Waals surface area contributed by atoms with Crippen LogP contribution in [0.5, 0.6) is 0 Å². The van der Waals surface area contributed by atoms with Crippen molar-refractivity contribution < 1.29 is 0 Å². The van der Waals surface area contributed by atoms with Gasteiger partial charge in [-0.05, 0) is 67.2 Å². The molecular formula is C28H37NS. The third-order valence-electron chi connectivity index (χ3n) is 4.54. The third kappa shape index (κ3) is 8.17. The first kappa shape index (κ1) is 25.7. The van der Waals surface area contributed by atoms with E-state index in [0.29, 0.717) is 0 Å². The highest BCUT2D eigenvalue weighted by atomic mass is 32.1. The van der Waals surface area contributed by atoms with Crippen LogP contribution >= 0.6 is 11.3 Å². The van der Waals surface area contributed by atoms with Gasteiger partial charge in [0.15, 0.2) is 0 Å². The maximum absolute atomic E-state index is 4.41. The van der Waals surface area contributed by atoms with E-state index in [2.05, 4.69) is 86.6 Å². The number of nitrogens with zero attached hydrogens (tertiary/aromatic N) is 1. The second kappa shape index (κ2) is 14.6. The van der Waals surface area contributed by atoms with Gasteiger partial charge in [-0.25, -0.2) is 4.99 Å². The largest absolute Gasteiger partial charge is 0.242 e. The van der Waals surface area contributed by atoms with Crippen molar-refractivity contribution in [1.82, 2.24) is 0 Å². The van der Waals surface area contributed by atoms with Crippen molar-refractivity contribution in [2.75, 3.05) is 0 Å². The van der Waals surface area contributed by atoms with Crippen LogP contribution in [0.15, 0.2) is 65.0 Å². The number of thiophene rings is 1. The summed E-state index contributed by atoms with van der Waals surface area (Å²) in [5.74, 6) is 0. The smallest absolute Gasteiger partial charge is 0.131 e. The number of aryl methyl sites for hydroxylation is 2. The van der Waals surface area contributed by atoms with Crippen LogP contribution in [0.4, 0.5) is 0 Å². The SMILES string of the molecule is CC.CC/C=C(/CC)c1cccc(CC)c1.CCc1ccc(C2=C=C=CC(C)=N2)s1. The number of allylic oxidation sites excluding steroid dienone is 3. The molecule has 1 aliphatic heterocycles. The van der Waals surface area contributed by atoms with Crippen LogP contribution < -0.4 is 0 Å². The topological polar surface area (TPSA) is 12.4 Å². The van der Waals surface area contributed by atoms with Gasteiger partial charge >= 0.3 is 0 Å². The average molecular weight is 420 g/mol. The monoisotopic (exact) mass is 419 g/mol. The summed E-state index contributed by atoms with van der Waals surface area (Å²) < 4.78 is 0. The Kier molecular flexibility index (Phi) is 12.5. The van der Waals surface area contributed by atoms with Gasteiger partial charge in [0.05, 0.1) is 4.88 Å². The fourth-order valence-corrected chi connectivity index (χ4v) is 3.85. The lowest BCUT2D eigenvalue weighted by Crippen LogP contribution is -1.86. The Morgan fingerprint density at radius 2 is 1.80 bits per heavy atom. The molecule has 1 aliphatic rings. The molecule has 0 N–H and O–H groups in total. The maximum atomic E-state index is 4.41. The zero-order valence-corrected chi connectivity index (χ0v) is 20.6. The number of aliphatic imine (C=N–C) groups is 1. The standard InChI is InChI=1S/C14H20.C12H11NS.C2H6/c1-4-8-13(6-3)14-10-7-9-12(5-2)11-14;1-3-10-7-8-12(14-10)11-6-4-5-9(2)13-11;1-2/h7-11H,4-6H2,1-3H3;5,7-8H,3H2,1-2H3;1-2H3/b13-8-;;. The minimum Gasteiger partial charge on any atom is -0.242 e. The maximum Gasteiger partial charge on any atom is 0.131 e. The average Bonchev–Trinajstić information content (AvgIpc) is 3.29. The second-order valence-electron chi connectivity index (χ2n) is 6.68. The van der Waals surface area contributed by atoms with Gasteiger partial charge in [0.2, 0.25) is 0 Å². The molecule has 2 aromatic rings. The van der Waals surface area contributed by atoms with Crippen molar-refractivity contribution in [3.05, 3.63) is 80.9 Å². The molecule has 1 nitrogen and oxygen atoms in total. The predicted molar refractivity (Wildman–Crippen MR) is 138 cm³/mol. The van der Waals surface area contributed by atoms with Crippen molar-refractivity contribution in [1.29, 1.82) is 0 Å². The lowest BCUT2D eigenvalue weighted by molar-refractivity contribution is 1.13. The highest BCUT2D eigenvalue weighted by Crippen LogP contribution is 2.25. The molecule has 0 atom stereocenters. The lowest BCUT2D eigenvalue weighted by atomic mass is 9.99. The van der Waals surface area contributed by atoms with Crippen LogP contribution in [0.2, 0.25) is 0 Å². The zero-order valence-electron chi connectivity index (χ0n) is 19.8. The fourth-order valence-electron chi connectivity index (χ4n) is 2.96. The summed E-state index contributed by atoms with van der Waals surface area (Å²) in [4.78, 5) is 6.98. The van der Waals surface area contributed by atoms with Gasteiger partial charge in [0, 0.05) is 16.7 Å². The van der Waals surface area contributed by atoms with E-state index in [-0.39, 0.29) is 0 Å². The Morgan fingerprint density at radius 1 is 1.03 bits per heavy atom. The molecule has 1 aromatic heterocycles. The Balaban J connectivity index is 0.000000277. The van der Waals surface area contributed by atoms with Gasteiger partial charge in [0.1, 0.15) is 5.70 Å². The summed E-state index contributed by atoms with van der Waals surface area (Å²) in [6.45, 7) is 14.8. The number of benzene rings is 1. The van der Waals surface area contributed by atoms with Gasteiger partial charge in [-0.1, -0.05) is 77.6 Å². The predicted octanol–water partition coefficient (Wildman–Crippen LogP) is 8.91. The lowest BCUT2D eigenvalue weighted by Gasteiger charge is -2.06. The van der Waals surface area contributed by atoms with Crippen LogP contribution in [-0.4, -0.2) is 5.71 Å². The van der Waals surface area contributed by atoms with Crippen molar-refractivity contribution >= 4 is 28.3 Å². The molecule has 0 fully saturated rings. The van der Waals surface area contributed by atoms with Crippen LogP contribution in [0, 0.1) is 0 Å². The minimum absolute atomic E-state index is 0.912. The van der Waals surface area contributed by atoms with Crippen molar-refractivity contribution in [2.24, 2.45) is 4.99 Å². The molecule has 0 spiro atoms. The van der Waals surface area contributed by atoms with Crippen LogP contribution in [0.1, 0.15) is 82.2 Å². The Morgan fingerprint density at radius 3 is 2.37 bits per heavy atom. The Labute approximate surface area is 188 Å². The molecule has 2 heterocycles. The summed E-state index contributed by atoms with van der Waals surface area (Å²) in [7, 11) is 0. The summed E-state index contributed by atoms with van der Waals surface area (Å²) in [5.41, 5.74) is 12.2. The van der Waals surface area contributed by atoms with E-state index in [4.69, 9.17) is 0 Å². The molecule has 0 radical (unpaired) electrons. The van der Waals surface area contributed by atoms with Gasteiger partial charge in [-0.2, -0.15) is 0 Å². The Bertz CT molecular complexity index is 943. The van der Waals surface area contributed by atoms with E-state index in [1.807, 2.05) is 26.8 Å². The fraction of sp³-hybridized carbons (Fsp3) is 0.393.